The fraction of sp³-hybridized carbons (Fsp3) is 0.0769. The zero-order valence-electron chi connectivity index (χ0n) is 16.3. The van der Waals surface area contributed by atoms with E-state index >= 15 is 0 Å². The molecule has 0 spiro atoms. The fourth-order valence-corrected chi connectivity index (χ4v) is 4.80. The third kappa shape index (κ3) is 1.95. The third-order valence-corrected chi connectivity index (χ3v) is 6.00. The number of benzene rings is 5. The van der Waals surface area contributed by atoms with E-state index in [1.165, 1.54) is 0 Å². The summed E-state index contributed by atoms with van der Waals surface area (Å²) < 4.78 is 0. The van der Waals surface area contributed by atoms with E-state index in [1.807, 2.05) is 38.1 Å². The van der Waals surface area contributed by atoms with Crippen molar-refractivity contribution in [1.82, 2.24) is 0 Å². The van der Waals surface area contributed by atoms with E-state index in [-0.39, 0.29) is 0 Å². The van der Waals surface area contributed by atoms with Crippen molar-refractivity contribution in [2.45, 2.75) is 13.8 Å². The van der Waals surface area contributed by atoms with Crippen LogP contribution in [0.15, 0.2) is 36.4 Å². The zero-order chi connectivity index (χ0) is 21.2. The molecule has 0 aliphatic heterocycles. The van der Waals surface area contributed by atoms with E-state index in [9.17, 15) is 21.0 Å². The average Bonchev–Trinajstić information content (AvgIpc) is 2.78. The van der Waals surface area contributed by atoms with Crippen LogP contribution >= 0.6 is 0 Å². The van der Waals surface area contributed by atoms with Gasteiger partial charge in [0.05, 0.1) is 46.5 Å². The van der Waals surface area contributed by atoms with Crippen molar-refractivity contribution >= 4 is 43.1 Å². The van der Waals surface area contributed by atoms with Crippen LogP contribution in [0.2, 0.25) is 0 Å². The summed E-state index contributed by atoms with van der Waals surface area (Å²) in [6.45, 7) is 3.89. The molecular weight excluding hydrogens is 368 g/mol. The lowest BCUT2D eigenvalue weighted by atomic mass is 9.82. The van der Waals surface area contributed by atoms with Gasteiger partial charge in [0.2, 0.25) is 0 Å². The van der Waals surface area contributed by atoms with Gasteiger partial charge in [0.1, 0.15) is 0 Å². The van der Waals surface area contributed by atoms with Crippen molar-refractivity contribution < 1.29 is 0 Å². The third-order valence-electron chi connectivity index (χ3n) is 6.00. The van der Waals surface area contributed by atoms with Gasteiger partial charge in [-0.05, 0) is 47.9 Å². The van der Waals surface area contributed by atoms with E-state index in [0.29, 0.717) is 22.3 Å². The van der Waals surface area contributed by atoms with Gasteiger partial charge in [0, 0.05) is 32.3 Å². The second-order valence-electron chi connectivity index (χ2n) is 7.50. The lowest BCUT2D eigenvalue weighted by Crippen LogP contribution is -1.97. The summed E-state index contributed by atoms with van der Waals surface area (Å²) in [6, 6.07) is 20.1. The molecule has 0 aromatic heterocycles. The first kappa shape index (κ1) is 17.5. The number of nitriles is 4. The first-order valence-electron chi connectivity index (χ1n) is 9.37. The minimum Gasteiger partial charge on any atom is -0.192 e. The van der Waals surface area contributed by atoms with Gasteiger partial charge in [-0.2, -0.15) is 21.0 Å². The summed E-state index contributed by atoms with van der Waals surface area (Å²) in [6.07, 6.45) is 0. The molecule has 4 heteroatoms. The lowest BCUT2D eigenvalue weighted by Gasteiger charge is -2.19. The molecule has 0 saturated carbocycles. The van der Waals surface area contributed by atoms with Crippen LogP contribution in [0.3, 0.4) is 0 Å². The molecule has 0 unspecified atom stereocenters. The van der Waals surface area contributed by atoms with E-state index < -0.39 is 0 Å². The Morgan fingerprint density at radius 2 is 0.800 bits per heavy atom. The van der Waals surface area contributed by atoms with Crippen molar-refractivity contribution in [2.24, 2.45) is 0 Å². The predicted molar refractivity (Wildman–Crippen MR) is 116 cm³/mol. The van der Waals surface area contributed by atoms with E-state index in [1.54, 1.807) is 12.1 Å². The van der Waals surface area contributed by atoms with Crippen LogP contribution in [0.4, 0.5) is 0 Å². The molecule has 0 saturated heterocycles. The first-order chi connectivity index (χ1) is 14.5. The Morgan fingerprint density at radius 1 is 0.467 bits per heavy atom. The van der Waals surface area contributed by atoms with Gasteiger partial charge in [-0.15, -0.1) is 0 Å². The Labute approximate surface area is 172 Å². The van der Waals surface area contributed by atoms with Gasteiger partial charge in [0.25, 0.3) is 0 Å². The SMILES string of the molecule is Cc1ccc2c3c(C#N)cc(C#N)c4c(C)ccc(c5c(C#N)cc(C#N)c1c25)c43. The van der Waals surface area contributed by atoms with Crippen LogP contribution in [-0.4, -0.2) is 0 Å². The maximum absolute atomic E-state index is 9.91. The van der Waals surface area contributed by atoms with Crippen molar-refractivity contribution in [2.75, 3.05) is 0 Å². The summed E-state index contributed by atoms with van der Waals surface area (Å²) in [5.41, 5.74) is 3.61. The van der Waals surface area contributed by atoms with E-state index in [0.717, 1.165) is 54.2 Å². The first-order valence-corrected chi connectivity index (χ1v) is 9.37. The highest BCUT2D eigenvalue weighted by molar-refractivity contribution is 6.36. The Kier molecular flexibility index (Phi) is 3.45. The highest BCUT2D eigenvalue weighted by atomic mass is 14.3. The van der Waals surface area contributed by atoms with Gasteiger partial charge in [-0.3, -0.25) is 0 Å². The number of fused-ring (bicyclic) bond motifs is 2. The van der Waals surface area contributed by atoms with E-state index in [4.69, 9.17) is 0 Å². The van der Waals surface area contributed by atoms with Crippen LogP contribution < -0.4 is 0 Å². The number of nitrogens with zero attached hydrogens (tertiary/aromatic N) is 4. The highest BCUT2D eigenvalue weighted by Gasteiger charge is 2.22. The normalized spacial score (nSPS) is 10.9. The van der Waals surface area contributed by atoms with Gasteiger partial charge in [-0.1, -0.05) is 24.3 Å². The molecule has 0 atom stereocenters. The molecule has 5 rings (SSSR count). The molecule has 0 amide bonds. The number of hydrogen-bond acceptors (Lipinski definition) is 4. The molecule has 0 fully saturated rings. The van der Waals surface area contributed by atoms with Crippen molar-refractivity contribution in [3.05, 3.63) is 69.8 Å². The number of rotatable bonds is 0. The lowest BCUT2D eigenvalue weighted by molar-refractivity contribution is 1.46. The standard InChI is InChI=1S/C26H12N4/c1-13-3-5-19-24-18(12-30)8-16(10-28)22-14(2)4-6-20(26(22)24)23-17(11-29)7-15(9-27)21(13)25(19)23/h3-8H,1-2H3. The molecule has 0 heterocycles. The quantitative estimate of drug-likeness (QED) is 0.249. The van der Waals surface area contributed by atoms with E-state index in [2.05, 4.69) is 24.3 Å². The van der Waals surface area contributed by atoms with Crippen LogP contribution in [0.5, 0.6) is 0 Å². The summed E-state index contributed by atoms with van der Waals surface area (Å²) in [5, 5.41) is 45.8. The molecule has 136 valence electrons. The van der Waals surface area contributed by atoms with Crippen molar-refractivity contribution in [3.8, 4) is 24.3 Å². The average molecular weight is 380 g/mol. The Balaban J connectivity index is 2.34. The van der Waals surface area contributed by atoms with Crippen molar-refractivity contribution in [3.63, 3.8) is 0 Å². The summed E-state index contributed by atoms with van der Waals surface area (Å²) in [4.78, 5) is 0. The minimum absolute atomic E-state index is 0.419. The minimum atomic E-state index is 0.419. The summed E-state index contributed by atoms with van der Waals surface area (Å²) >= 11 is 0. The summed E-state index contributed by atoms with van der Waals surface area (Å²) in [7, 11) is 0. The van der Waals surface area contributed by atoms with Gasteiger partial charge in [-0.25, -0.2) is 0 Å². The van der Waals surface area contributed by atoms with Crippen LogP contribution in [-0.2, 0) is 0 Å². The Hall–Kier alpha value is -4.64. The van der Waals surface area contributed by atoms with Gasteiger partial charge in [0.15, 0.2) is 0 Å². The second-order valence-corrected chi connectivity index (χ2v) is 7.50. The maximum atomic E-state index is 9.91. The maximum Gasteiger partial charge on any atom is 0.0998 e. The topological polar surface area (TPSA) is 95.2 Å². The molecule has 4 nitrogen and oxygen atoms in total. The van der Waals surface area contributed by atoms with Crippen molar-refractivity contribution in [1.29, 1.82) is 21.0 Å². The molecule has 0 aliphatic rings. The Morgan fingerprint density at radius 3 is 1.13 bits per heavy atom. The molecule has 5 aromatic carbocycles. The summed E-state index contributed by atoms with van der Waals surface area (Å²) in [5.74, 6) is 0. The van der Waals surface area contributed by atoms with Crippen LogP contribution in [0.1, 0.15) is 33.4 Å². The van der Waals surface area contributed by atoms with Gasteiger partial charge < -0.3 is 0 Å². The van der Waals surface area contributed by atoms with Gasteiger partial charge >= 0.3 is 0 Å². The second kappa shape index (κ2) is 5.93. The largest absolute Gasteiger partial charge is 0.192 e. The molecule has 0 bridgehead atoms. The number of hydrogen-bond donors (Lipinski definition) is 0. The number of aryl methyl sites for hydroxylation is 2. The van der Waals surface area contributed by atoms with Crippen LogP contribution in [0, 0.1) is 59.2 Å². The molecular formula is C26H12N4. The zero-order valence-corrected chi connectivity index (χ0v) is 16.3. The highest BCUT2D eigenvalue weighted by Crippen LogP contribution is 2.45. The van der Waals surface area contributed by atoms with Crippen LogP contribution in [0.25, 0.3) is 43.1 Å². The smallest absolute Gasteiger partial charge is 0.0998 e. The fourth-order valence-electron chi connectivity index (χ4n) is 4.80. The molecule has 0 radical (unpaired) electrons. The predicted octanol–water partition coefficient (Wildman–Crippen LogP) is 5.84. The molecule has 5 aromatic rings. The molecule has 0 aliphatic carbocycles. The Bertz CT molecular complexity index is 1610. The monoisotopic (exact) mass is 380 g/mol. The molecule has 0 N–H and O–H groups in total. The molecule has 30 heavy (non-hydrogen) atoms.